The number of thiophene rings is 1. The summed E-state index contributed by atoms with van der Waals surface area (Å²) in [5.41, 5.74) is 0.733. The van der Waals surface area contributed by atoms with E-state index in [2.05, 4.69) is 5.32 Å². The molecule has 4 heteroatoms. The lowest BCUT2D eigenvalue weighted by molar-refractivity contribution is 0.0914. The van der Waals surface area contributed by atoms with Crippen LogP contribution in [0.15, 0.2) is 52.3 Å². The number of carbonyl (C=O) groups excluding carboxylic acids is 1. The number of para-hydroxylation sites is 1. The molecule has 0 aliphatic carbocycles. The molecule has 3 nitrogen and oxygen atoms in total. The normalized spacial score (nSPS) is 12.5. The second-order valence-corrected chi connectivity index (χ2v) is 5.34. The zero-order valence-corrected chi connectivity index (χ0v) is 11.2. The van der Waals surface area contributed by atoms with Crippen molar-refractivity contribution in [2.24, 2.45) is 0 Å². The first kappa shape index (κ1) is 12.0. The van der Waals surface area contributed by atoms with Crippen molar-refractivity contribution in [3.63, 3.8) is 0 Å². The molecule has 0 saturated heterocycles. The molecule has 0 aliphatic rings. The van der Waals surface area contributed by atoms with Crippen LogP contribution in [0, 0.1) is 0 Å². The summed E-state index contributed by atoms with van der Waals surface area (Å²) in [5.74, 6) is 0.168. The number of rotatable bonds is 3. The Kier molecular flexibility index (Phi) is 3.09. The van der Waals surface area contributed by atoms with Crippen LogP contribution >= 0.6 is 11.3 Å². The van der Waals surface area contributed by atoms with Gasteiger partial charge in [0.05, 0.1) is 6.04 Å². The van der Waals surface area contributed by atoms with Gasteiger partial charge < -0.3 is 9.73 Å². The minimum atomic E-state index is -0.183. The van der Waals surface area contributed by atoms with Crippen LogP contribution in [0.1, 0.15) is 28.4 Å². The third kappa shape index (κ3) is 2.39. The molecular weight excluding hydrogens is 258 g/mol. The lowest BCUT2D eigenvalue weighted by Crippen LogP contribution is -2.25. The Hall–Kier alpha value is -2.07. The molecule has 0 unspecified atom stereocenters. The van der Waals surface area contributed by atoms with Gasteiger partial charge in [0.15, 0.2) is 5.76 Å². The Bertz CT molecular complexity index is 667. The highest BCUT2D eigenvalue weighted by Gasteiger charge is 2.15. The summed E-state index contributed by atoms with van der Waals surface area (Å²) in [6.07, 6.45) is 0. The topological polar surface area (TPSA) is 42.2 Å². The van der Waals surface area contributed by atoms with E-state index >= 15 is 0 Å². The van der Waals surface area contributed by atoms with Crippen molar-refractivity contribution in [2.45, 2.75) is 13.0 Å². The van der Waals surface area contributed by atoms with Gasteiger partial charge in [-0.2, -0.15) is 0 Å². The van der Waals surface area contributed by atoms with E-state index in [1.165, 1.54) is 0 Å². The van der Waals surface area contributed by atoms with Crippen molar-refractivity contribution in [1.29, 1.82) is 0 Å². The lowest BCUT2D eigenvalue weighted by atomic mass is 10.2. The Morgan fingerprint density at radius 2 is 2.11 bits per heavy atom. The lowest BCUT2D eigenvalue weighted by Gasteiger charge is -2.10. The standard InChI is InChI=1S/C15H13NO2S/c1-10(14-7-4-8-19-14)16-15(17)13-9-11-5-2-3-6-12(11)18-13/h2-10H,1H3,(H,16,17)/t10-/m0/s1. The van der Waals surface area contributed by atoms with Gasteiger partial charge in [0.25, 0.3) is 5.91 Å². The summed E-state index contributed by atoms with van der Waals surface area (Å²) < 4.78 is 5.54. The summed E-state index contributed by atoms with van der Waals surface area (Å²) in [4.78, 5) is 13.2. The fourth-order valence-electron chi connectivity index (χ4n) is 1.97. The third-order valence-corrected chi connectivity index (χ3v) is 4.02. The van der Waals surface area contributed by atoms with E-state index < -0.39 is 0 Å². The highest BCUT2D eigenvalue weighted by atomic mass is 32.1. The molecule has 0 radical (unpaired) electrons. The minimum Gasteiger partial charge on any atom is -0.451 e. The zero-order valence-electron chi connectivity index (χ0n) is 10.4. The SMILES string of the molecule is C[C@H](NC(=O)c1cc2ccccc2o1)c1cccs1. The van der Waals surface area contributed by atoms with Gasteiger partial charge >= 0.3 is 0 Å². The van der Waals surface area contributed by atoms with Crippen molar-refractivity contribution < 1.29 is 9.21 Å². The average molecular weight is 271 g/mol. The molecule has 1 N–H and O–H groups in total. The first-order chi connectivity index (χ1) is 9.24. The number of hydrogen-bond acceptors (Lipinski definition) is 3. The van der Waals surface area contributed by atoms with Gasteiger partial charge in [0.2, 0.25) is 0 Å². The highest BCUT2D eigenvalue weighted by molar-refractivity contribution is 7.10. The molecule has 0 fully saturated rings. The largest absolute Gasteiger partial charge is 0.451 e. The fraction of sp³-hybridized carbons (Fsp3) is 0.133. The summed E-state index contributed by atoms with van der Waals surface area (Å²) in [6, 6.07) is 13.3. The van der Waals surface area contributed by atoms with Crippen LogP contribution in [0.5, 0.6) is 0 Å². The molecule has 1 amide bonds. The molecule has 1 aromatic carbocycles. The molecule has 2 heterocycles. The predicted molar refractivity (Wildman–Crippen MR) is 76.4 cm³/mol. The Balaban J connectivity index is 1.80. The van der Waals surface area contributed by atoms with Crippen molar-refractivity contribution in [2.75, 3.05) is 0 Å². The summed E-state index contributed by atoms with van der Waals surface area (Å²) in [6.45, 7) is 1.96. The molecule has 0 spiro atoms. The molecule has 0 saturated carbocycles. The van der Waals surface area contributed by atoms with Gasteiger partial charge in [-0.25, -0.2) is 0 Å². The number of fused-ring (bicyclic) bond motifs is 1. The van der Waals surface area contributed by atoms with Crippen molar-refractivity contribution in [3.8, 4) is 0 Å². The van der Waals surface area contributed by atoms with E-state index in [0.717, 1.165) is 15.8 Å². The summed E-state index contributed by atoms with van der Waals surface area (Å²) in [7, 11) is 0. The maximum atomic E-state index is 12.1. The van der Waals surface area contributed by atoms with Crippen molar-refractivity contribution in [3.05, 3.63) is 58.5 Å². The number of furan rings is 1. The molecule has 19 heavy (non-hydrogen) atoms. The number of amides is 1. The van der Waals surface area contributed by atoms with Gasteiger partial charge in [-0.05, 0) is 30.5 Å². The number of benzene rings is 1. The van der Waals surface area contributed by atoms with Crippen molar-refractivity contribution >= 4 is 28.2 Å². The molecule has 3 aromatic rings. The zero-order chi connectivity index (χ0) is 13.2. The first-order valence-electron chi connectivity index (χ1n) is 6.07. The van der Waals surface area contributed by atoms with Gasteiger partial charge in [-0.1, -0.05) is 24.3 Å². The monoisotopic (exact) mass is 271 g/mol. The van der Waals surface area contributed by atoms with Gasteiger partial charge in [-0.15, -0.1) is 11.3 Å². The second-order valence-electron chi connectivity index (χ2n) is 4.36. The first-order valence-corrected chi connectivity index (χ1v) is 6.95. The molecule has 0 aliphatic heterocycles. The van der Waals surface area contributed by atoms with E-state index in [-0.39, 0.29) is 11.9 Å². The van der Waals surface area contributed by atoms with Crippen LogP contribution in [0.25, 0.3) is 11.0 Å². The molecule has 0 bridgehead atoms. The van der Waals surface area contributed by atoms with Crippen LogP contribution < -0.4 is 5.32 Å². The average Bonchev–Trinajstić information content (AvgIpc) is 3.07. The maximum Gasteiger partial charge on any atom is 0.287 e. The van der Waals surface area contributed by atoms with E-state index in [1.807, 2.05) is 48.7 Å². The Labute approximate surface area is 114 Å². The Morgan fingerprint density at radius 1 is 1.26 bits per heavy atom. The summed E-state index contributed by atoms with van der Waals surface area (Å²) in [5, 5.41) is 5.88. The quantitative estimate of drug-likeness (QED) is 0.782. The van der Waals surface area contributed by atoms with E-state index in [0.29, 0.717) is 5.76 Å². The van der Waals surface area contributed by atoms with Gasteiger partial charge in [0, 0.05) is 10.3 Å². The second kappa shape index (κ2) is 4.90. The molecule has 96 valence electrons. The Morgan fingerprint density at radius 3 is 2.84 bits per heavy atom. The van der Waals surface area contributed by atoms with Crippen LogP contribution in [0.2, 0.25) is 0 Å². The van der Waals surface area contributed by atoms with Crippen LogP contribution in [0.3, 0.4) is 0 Å². The maximum absolute atomic E-state index is 12.1. The van der Waals surface area contributed by atoms with E-state index in [1.54, 1.807) is 17.4 Å². The number of carbonyl (C=O) groups is 1. The van der Waals surface area contributed by atoms with E-state index in [9.17, 15) is 4.79 Å². The smallest absolute Gasteiger partial charge is 0.287 e. The van der Waals surface area contributed by atoms with Crippen LogP contribution in [-0.4, -0.2) is 5.91 Å². The molecular formula is C15H13NO2S. The number of hydrogen-bond donors (Lipinski definition) is 1. The highest BCUT2D eigenvalue weighted by Crippen LogP contribution is 2.21. The molecule has 2 aromatic heterocycles. The molecule has 3 rings (SSSR count). The predicted octanol–water partition coefficient (Wildman–Crippen LogP) is 3.99. The van der Waals surface area contributed by atoms with Crippen LogP contribution in [0.4, 0.5) is 0 Å². The van der Waals surface area contributed by atoms with Crippen molar-refractivity contribution in [1.82, 2.24) is 5.32 Å². The number of nitrogens with one attached hydrogen (secondary N) is 1. The fourth-order valence-corrected chi connectivity index (χ4v) is 2.70. The van der Waals surface area contributed by atoms with Gasteiger partial charge in [0.1, 0.15) is 5.58 Å². The molecule has 1 atom stereocenters. The minimum absolute atomic E-state index is 0.0132. The summed E-state index contributed by atoms with van der Waals surface area (Å²) >= 11 is 1.63. The van der Waals surface area contributed by atoms with Gasteiger partial charge in [-0.3, -0.25) is 4.79 Å². The van der Waals surface area contributed by atoms with Crippen LogP contribution in [-0.2, 0) is 0 Å². The van der Waals surface area contributed by atoms with E-state index in [4.69, 9.17) is 4.42 Å². The third-order valence-electron chi connectivity index (χ3n) is 2.97.